The van der Waals surface area contributed by atoms with E-state index in [9.17, 15) is 8.42 Å². The van der Waals surface area contributed by atoms with Crippen molar-refractivity contribution in [3.8, 4) is 5.75 Å². The summed E-state index contributed by atoms with van der Waals surface area (Å²) in [6, 6.07) is 7.52. The van der Waals surface area contributed by atoms with Crippen molar-refractivity contribution in [3.63, 3.8) is 0 Å². The average Bonchev–Trinajstić information content (AvgIpc) is 2.46. The molecule has 0 aliphatic heterocycles. The molecule has 0 bridgehead atoms. The monoisotopic (exact) mass is 298 g/mol. The minimum Gasteiger partial charge on any atom is -0.497 e. The summed E-state index contributed by atoms with van der Waals surface area (Å²) in [6.07, 6.45) is 2.88. The number of ether oxygens (including phenoxy) is 1. The highest BCUT2D eigenvalue weighted by molar-refractivity contribution is 7.90. The molecule has 112 valence electrons. The number of benzene rings is 1. The van der Waals surface area contributed by atoms with Gasteiger partial charge in [0, 0.05) is 12.6 Å². The Balaban J connectivity index is 1.91. The number of hydrogen-bond donors (Lipinski definition) is 2. The number of methoxy groups -OCH3 is 1. The zero-order chi connectivity index (χ0) is 14.6. The van der Waals surface area contributed by atoms with Crippen LogP contribution in [0, 0.1) is 0 Å². The second-order valence-corrected chi connectivity index (χ2v) is 7.30. The van der Waals surface area contributed by atoms with Crippen molar-refractivity contribution >= 4 is 10.0 Å². The lowest BCUT2D eigenvalue weighted by Crippen LogP contribution is -2.39. The molecule has 1 saturated carbocycles. The summed E-state index contributed by atoms with van der Waals surface area (Å²) in [5, 5.41) is -0.305. The molecule has 20 heavy (non-hydrogen) atoms. The van der Waals surface area contributed by atoms with Crippen molar-refractivity contribution in [1.82, 2.24) is 4.72 Å². The maximum absolute atomic E-state index is 12.2. The average molecular weight is 298 g/mol. The molecule has 0 saturated heterocycles. The van der Waals surface area contributed by atoms with Gasteiger partial charge >= 0.3 is 0 Å². The molecule has 2 rings (SSSR count). The number of sulfonamides is 1. The fourth-order valence-electron chi connectivity index (χ4n) is 2.44. The quantitative estimate of drug-likeness (QED) is 0.860. The van der Waals surface area contributed by atoms with E-state index < -0.39 is 10.0 Å². The fraction of sp³-hybridized carbons (Fsp3) is 0.571. The third-order valence-electron chi connectivity index (χ3n) is 3.79. The molecule has 1 aliphatic carbocycles. The van der Waals surface area contributed by atoms with Crippen molar-refractivity contribution in [1.29, 1.82) is 0 Å². The summed E-state index contributed by atoms with van der Waals surface area (Å²) < 4.78 is 32.2. The van der Waals surface area contributed by atoms with E-state index in [1.807, 2.05) is 24.3 Å². The SMILES string of the molecule is COc1ccc(CNS(=O)(=O)C2CCC(N)CC2)cc1. The van der Waals surface area contributed by atoms with Crippen molar-refractivity contribution < 1.29 is 13.2 Å². The zero-order valence-corrected chi connectivity index (χ0v) is 12.5. The molecule has 0 amide bonds. The highest BCUT2D eigenvalue weighted by Crippen LogP contribution is 2.23. The Hall–Kier alpha value is -1.11. The molecule has 1 aliphatic rings. The minimum absolute atomic E-state index is 0.156. The molecule has 6 heteroatoms. The first-order valence-electron chi connectivity index (χ1n) is 6.88. The molecule has 0 heterocycles. The Morgan fingerprint density at radius 2 is 1.80 bits per heavy atom. The van der Waals surface area contributed by atoms with Gasteiger partial charge in [-0.2, -0.15) is 0 Å². The summed E-state index contributed by atoms with van der Waals surface area (Å²) in [7, 11) is -1.65. The molecule has 3 N–H and O–H groups in total. The second-order valence-electron chi connectivity index (χ2n) is 5.25. The number of hydrogen-bond acceptors (Lipinski definition) is 4. The lowest BCUT2D eigenvalue weighted by molar-refractivity contribution is 0.414. The molecular formula is C14H22N2O3S. The van der Waals surface area contributed by atoms with Crippen LogP contribution in [0.5, 0.6) is 5.75 Å². The van der Waals surface area contributed by atoms with E-state index in [0.29, 0.717) is 19.4 Å². The third kappa shape index (κ3) is 3.94. The van der Waals surface area contributed by atoms with Gasteiger partial charge in [-0.15, -0.1) is 0 Å². The smallest absolute Gasteiger partial charge is 0.214 e. The number of rotatable bonds is 5. The van der Waals surface area contributed by atoms with Gasteiger partial charge in [0.25, 0.3) is 0 Å². The predicted octanol–water partition coefficient (Wildman–Crippen LogP) is 1.38. The Kier molecular flexibility index (Phi) is 5.01. The summed E-state index contributed by atoms with van der Waals surface area (Å²) >= 11 is 0. The summed E-state index contributed by atoms with van der Waals surface area (Å²) in [6.45, 7) is 0.314. The molecule has 0 aromatic heterocycles. The van der Waals surface area contributed by atoms with E-state index in [4.69, 9.17) is 10.5 Å². The van der Waals surface area contributed by atoms with Gasteiger partial charge < -0.3 is 10.5 Å². The van der Waals surface area contributed by atoms with E-state index in [1.54, 1.807) is 7.11 Å². The molecule has 0 spiro atoms. The predicted molar refractivity (Wildman–Crippen MR) is 79.0 cm³/mol. The van der Waals surface area contributed by atoms with Crippen LogP contribution in [-0.4, -0.2) is 26.8 Å². The molecule has 1 fully saturated rings. The molecule has 1 aromatic rings. The molecule has 0 radical (unpaired) electrons. The van der Waals surface area contributed by atoms with E-state index in [0.717, 1.165) is 24.2 Å². The van der Waals surface area contributed by atoms with Crippen molar-refractivity contribution in [2.75, 3.05) is 7.11 Å². The lowest BCUT2D eigenvalue weighted by atomic mass is 9.96. The van der Waals surface area contributed by atoms with Crippen LogP contribution >= 0.6 is 0 Å². The fourth-order valence-corrected chi connectivity index (χ4v) is 3.94. The van der Waals surface area contributed by atoms with E-state index in [2.05, 4.69) is 4.72 Å². The van der Waals surface area contributed by atoms with Crippen LogP contribution in [-0.2, 0) is 16.6 Å². The number of nitrogens with two attached hydrogens (primary N) is 1. The Labute approximate surface area is 120 Å². The molecule has 0 unspecified atom stereocenters. The van der Waals surface area contributed by atoms with Gasteiger partial charge in [-0.3, -0.25) is 0 Å². The lowest BCUT2D eigenvalue weighted by Gasteiger charge is -2.26. The van der Waals surface area contributed by atoms with Gasteiger partial charge in [-0.05, 0) is 43.4 Å². The van der Waals surface area contributed by atoms with Crippen molar-refractivity contribution in [2.24, 2.45) is 5.73 Å². The van der Waals surface area contributed by atoms with Crippen LogP contribution in [0.15, 0.2) is 24.3 Å². The van der Waals surface area contributed by atoms with Gasteiger partial charge in [0.05, 0.1) is 12.4 Å². The minimum atomic E-state index is -3.26. The van der Waals surface area contributed by atoms with E-state index >= 15 is 0 Å². The first-order chi connectivity index (χ1) is 9.51. The number of nitrogens with one attached hydrogen (secondary N) is 1. The Morgan fingerprint density at radius 1 is 1.20 bits per heavy atom. The first-order valence-corrected chi connectivity index (χ1v) is 8.43. The Morgan fingerprint density at radius 3 is 2.35 bits per heavy atom. The third-order valence-corrected chi connectivity index (χ3v) is 5.69. The van der Waals surface area contributed by atoms with E-state index in [1.165, 1.54) is 0 Å². The van der Waals surface area contributed by atoms with Crippen LogP contribution in [0.25, 0.3) is 0 Å². The van der Waals surface area contributed by atoms with Crippen LogP contribution < -0.4 is 15.2 Å². The summed E-state index contributed by atoms with van der Waals surface area (Å²) in [5.41, 5.74) is 6.72. The van der Waals surface area contributed by atoms with Crippen LogP contribution in [0.1, 0.15) is 31.2 Å². The zero-order valence-electron chi connectivity index (χ0n) is 11.7. The standard InChI is InChI=1S/C14H22N2O3S/c1-19-13-6-2-11(3-7-13)10-16-20(17,18)14-8-4-12(15)5-9-14/h2-3,6-7,12,14,16H,4-5,8-10,15H2,1H3. The topological polar surface area (TPSA) is 81.4 Å². The highest BCUT2D eigenvalue weighted by Gasteiger charge is 2.29. The molecular weight excluding hydrogens is 276 g/mol. The normalized spacial score (nSPS) is 23.5. The van der Waals surface area contributed by atoms with Gasteiger partial charge in [0.1, 0.15) is 5.75 Å². The summed E-state index contributed by atoms with van der Waals surface area (Å²) in [4.78, 5) is 0. The summed E-state index contributed by atoms with van der Waals surface area (Å²) in [5.74, 6) is 0.762. The maximum atomic E-state index is 12.2. The van der Waals surface area contributed by atoms with E-state index in [-0.39, 0.29) is 11.3 Å². The van der Waals surface area contributed by atoms with Crippen LogP contribution in [0.4, 0.5) is 0 Å². The maximum Gasteiger partial charge on any atom is 0.214 e. The second kappa shape index (κ2) is 6.56. The first kappa shape index (κ1) is 15.3. The van der Waals surface area contributed by atoms with Crippen LogP contribution in [0.2, 0.25) is 0 Å². The highest BCUT2D eigenvalue weighted by atomic mass is 32.2. The van der Waals surface area contributed by atoms with Crippen molar-refractivity contribution in [3.05, 3.63) is 29.8 Å². The molecule has 0 atom stereocenters. The Bertz CT molecular complexity index is 520. The van der Waals surface area contributed by atoms with Gasteiger partial charge in [-0.25, -0.2) is 13.1 Å². The molecule has 1 aromatic carbocycles. The molecule has 5 nitrogen and oxygen atoms in total. The van der Waals surface area contributed by atoms with Crippen LogP contribution in [0.3, 0.4) is 0 Å². The van der Waals surface area contributed by atoms with Gasteiger partial charge in [-0.1, -0.05) is 12.1 Å². The van der Waals surface area contributed by atoms with Crippen molar-refractivity contribution in [2.45, 2.75) is 43.5 Å². The van der Waals surface area contributed by atoms with Gasteiger partial charge in [0.15, 0.2) is 0 Å². The largest absolute Gasteiger partial charge is 0.497 e. The van der Waals surface area contributed by atoms with Gasteiger partial charge in [0.2, 0.25) is 10.0 Å².